The molecular formula is C16H24ClN3O. The van der Waals surface area contributed by atoms with E-state index in [0.717, 1.165) is 25.3 Å². The number of nitrogens with zero attached hydrogens (tertiary/aromatic N) is 1. The number of piperidine rings is 1. The number of anilines is 1. The first-order valence-corrected chi connectivity index (χ1v) is 7.93. The zero-order chi connectivity index (χ0) is 15.4. The summed E-state index contributed by atoms with van der Waals surface area (Å²) in [7, 11) is 0. The molecule has 0 bridgehead atoms. The van der Waals surface area contributed by atoms with Crippen molar-refractivity contribution in [3.63, 3.8) is 0 Å². The van der Waals surface area contributed by atoms with Crippen LogP contribution in [-0.4, -0.2) is 31.6 Å². The molecule has 21 heavy (non-hydrogen) atoms. The number of benzene rings is 1. The van der Waals surface area contributed by atoms with Crippen LogP contribution < -0.4 is 16.0 Å². The first-order chi connectivity index (χ1) is 9.99. The lowest BCUT2D eigenvalue weighted by molar-refractivity contribution is 0.100. The van der Waals surface area contributed by atoms with Crippen molar-refractivity contribution in [2.24, 2.45) is 11.7 Å². The molecule has 0 aromatic heterocycles. The van der Waals surface area contributed by atoms with E-state index < -0.39 is 5.91 Å². The van der Waals surface area contributed by atoms with Crippen molar-refractivity contribution in [2.45, 2.75) is 32.7 Å². The second-order valence-electron chi connectivity index (χ2n) is 5.99. The minimum absolute atomic E-state index is 0.377. The van der Waals surface area contributed by atoms with E-state index in [-0.39, 0.29) is 0 Å². The van der Waals surface area contributed by atoms with Crippen LogP contribution in [0.1, 0.15) is 37.0 Å². The maximum absolute atomic E-state index is 11.3. The second kappa shape index (κ2) is 7.14. The van der Waals surface area contributed by atoms with E-state index in [0.29, 0.717) is 22.5 Å². The molecule has 1 aliphatic heterocycles. The van der Waals surface area contributed by atoms with Crippen LogP contribution in [0.3, 0.4) is 0 Å². The van der Waals surface area contributed by atoms with Gasteiger partial charge in [-0.25, -0.2) is 0 Å². The molecule has 1 amide bonds. The molecule has 4 nitrogen and oxygen atoms in total. The van der Waals surface area contributed by atoms with Gasteiger partial charge >= 0.3 is 0 Å². The summed E-state index contributed by atoms with van der Waals surface area (Å²) in [6.45, 7) is 7.53. The van der Waals surface area contributed by atoms with Crippen LogP contribution >= 0.6 is 11.6 Å². The Kier molecular flexibility index (Phi) is 5.48. The molecule has 1 aromatic carbocycles. The summed E-state index contributed by atoms with van der Waals surface area (Å²) in [5, 5.41) is 3.88. The van der Waals surface area contributed by atoms with Crippen LogP contribution in [-0.2, 0) is 0 Å². The van der Waals surface area contributed by atoms with Gasteiger partial charge < -0.3 is 16.0 Å². The van der Waals surface area contributed by atoms with E-state index in [9.17, 15) is 4.79 Å². The van der Waals surface area contributed by atoms with E-state index in [1.54, 1.807) is 6.07 Å². The number of nitrogens with two attached hydrogens (primary N) is 1. The van der Waals surface area contributed by atoms with Crippen molar-refractivity contribution in [3.8, 4) is 0 Å². The van der Waals surface area contributed by atoms with Crippen LogP contribution in [0.25, 0.3) is 0 Å². The molecule has 0 spiro atoms. The lowest BCUT2D eigenvalue weighted by atomic mass is 9.98. The maximum atomic E-state index is 11.3. The highest BCUT2D eigenvalue weighted by atomic mass is 35.5. The van der Waals surface area contributed by atoms with Gasteiger partial charge in [-0.3, -0.25) is 4.79 Å². The molecule has 1 aliphatic rings. The number of amides is 1. The van der Waals surface area contributed by atoms with Gasteiger partial charge in [-0.15, -0.1) is 0 Å². The molecule has 116 valence electrons. The topological polar surface area (TPSA) is 58.4 Å². The maximum Gasteiger partial charge on any atom is 0.250 e. The molecule has 1 fully saturated rings. The molecule has 1 heterocycles. The fraction of sp³-hybridized carbons (Fsp3) is 0.562. The molecule has 3 N–H and O–H groups in total. The third kappa shape index (κ3) is 4.11. The fourth-order valence-corrected chi connectivity index (χ4v) is 3.12. The first kappa shape index (κ1) is 16.1. The Morgan fingerprint density at radius 2 is 2.29 bits per heavy atom. The molecule has 1 aromatic rings. The van der Waals surface area contributed by atoms with Gasteiger partial charge in [0.1, 0.15) is 0 Å². The summed E-state index contributed by atoms with van der Waals surface area (Å²) < 4.78 is 0. The summed E-state index contributed by atoms with van der Waals surface area (Å²) in [6, 6.07) is 5.87. The molecule has 2 rings (SSSR count). The number of halogens is 1. The summed E-state index contributed by atoms with van der Waals surface area (Å²) >= 11 is 6.18. The van der Waals surface area contributed by atoms with Crippen molar-refractivity contribution >= 4 is 23.2 Å². The molecule has 1 unspecified atom stereocenters. The highest BCUT2D eigenvalue weighted by molar-refractivity contribution is 6.34. The van der Waals surface area contributed by atoms with Gasteiger partial charge in [0.15, 0.2) is 0 Å². The van der Waals surface area contributed by atoms with Crippen molar-refractivity contribution in [1.82, 2.24) is 5.32 Å². The molecular weight excluding hydrogens is 286 g/mol. The van der Waals surface area contributed by atoms with Crippen LogP contribution in [0.15, 0.2) is 18.2 Å². The van der Waals surface area contributed by atoms with Crippen molar-refractivity contribution in [3.05, 3.63) is 28.8 Å². The van der Waals surface area contributed by atoms with E-state index in [1.807, 2.05) is 12.1 Å². The second-order valence-corrected chi connectivity index (χ2v) is 6.39. The van der Waals surface area contributed by atoms with Crippen molar-refractivity contribution in [2.75, 3.05) is 24.5 Å². The fourth-order valence-electron chi connectivity index (χ4n) is 2.85. The third-order valence-corrected chi connectivity index (χ3v) is 4.34. The Bertz CT molecular complexity index is 498. The molecule has 1 atom stereocenters. The van der Waals surface area contributed by atoms with E-state index in [1.165, 1.54) is 12.8 Å². The third-order valence-electron chi connectivity index (χ3n) is 4.03. The molecule has 0 saturated carbocycles. The van der Waals surface area contributed by atoms with Crippen molar-refractivity contribution in [1.29, 1.82) is 0 Å². The van der Waals surface area contributed by atoms with Crippen LogP contribution in [0.4, 0.5) is 5.69 Å². The number of carbonyl (C=O) groups is 1. The van der Waals surface area contributed by atoms with Crippen molar-refractivity contribution < 1.29 is 4.79 Å². The number of hydrogen-bond acceptors (Lipinski definition) is 3. The quantitative estimate of drug-likeness (QED) is 0.879. The van der Waals surface area contributed by atoms with Gasteiger partial charge in [0.05, 0.1) is 10.6 Å². The van der Waals surface area contributed by atoms with Gasteiger partial charge in [0.2, 0.25) is 5.91 Å². The molecule has 1 saturated heterocycles. The summed E-state index contributed by atoms with van der Waals surface area (Å²) in [6.07, 6.45) is 2.49. The SMILES string of the molecule is CC(C)N(CC1CCCNC1)c1ccc(C(N)=O)c(Cl)c1. The lowest BCUT2D eigenvalue weighted by Gasteiger charge is -2.34. The molecule has 0 aliphatic carbocycles. The van der Waals surface area contributed by atoms with Gasteiger partial charge in [-0.05, 0) is 63.9 Å². The number of primary amides is 1. The zero-order valence-corrected chi connectivity index (χ0v) is 13.5. The number of rotatable bonds is 5. The lowest BCUT2D eigenvalue weighted by Crippen LogP contribution is -2.41. The van der Waals surface area contributed by atoms with Gasteiger partial charge in [0.25, 0.3) is 0 Å². The summed E-state index contributed by atoms with van der Waals surface area (Å²) in [4.78, 5) is 13.6. The smallest absolute Gasteiger partial charge is 0.250 e. The van der Waals surface area contributed by atoms with Crippen LogP contribution in [0.2, 0.25) is 5.02 Å². The predicted molar refractivity (Wildman–Crippen MR) is 88.0 cm³/mol. The minimum Gasteiger partial charge on any atom is -0.369 e. The average molecular weight is 310 g/mol. The summed E-state index contributed by atoms with van der Waals surface area (Å²) in [5.41, 5.74) is 6.73. The monoisotopic (exact) mass is 309 g/mol. The largest absolute Gasteiger partial charge is 0.369 e. The number of hydrogen-bond donors (Lipinski definition) is 2. The van der Waals surface area contributed by atoms with Crippen LogP contribution in [0.5, 0.6) is 0 Å². The normalized spacial score (nSPS) is 18.8. The predicted octanol–water partition coefficient (Wildman–Crippen LogP) is 2.65. The average Bonchev–Trinajstić information content (AvgIpc) is 2.45. The highest BCUT2D eigenvalue weighted by Gasteiger charge is 2.20. The van der Waals surface area contributed by atoms with E-state index in [4.69, 9.17) is 17.3 Å². The summed E-state index contributed by atoms with van der Waals surface area (Å²) in [5.74, 6) is 0.162. The van der Waals surface area contributed by atoms with E-state index >= 15 is 0 Å². The van der Waals surface area contributed by atoms with E-state index in [2.05, 4.69) is 24.1 Å². The van der Waals surface area contributed by atoms with Gasteiger partial charge in [-0.1, -0.05) is 11.6 Å². The van der Waals surface area contributed by atoms with Crippen LogP contribution in [0, 0.1) is 5.92 Å². The zero-order valence-electron chi connectivity index (χ0n) is 12.7. The Morgan fingerprint density at radius 3 is 2.81 bits per heavy atom. The Hall–Kier alpha value is -1.26. The minimum atomic E-state index is -0.487. The number of nitrogens with one attached hydrogen (secondary N) is 1. The Labute approximate surface area is 131 Å². The Morgan fingerprint density at radius 1 is 1.52 bits per heavy atom. The Balaban J connectivity index is 2.17. The number of carbonyl (C=O) groups excluding carboxylic acids is 1. The highest BCUT2D eigenvalue weighted by Crippen LogP contribution is 2.26. The standard InChI is InChI=1S/C16H24ClN3O/c1-11(2)20(10-12-4-3-7-19-9-12)13-5-6-14(16(18)21)15(17)8-13/h5-6,8,11-12,19H,3-4,7,9-10H2,1-2H3,(H2,18,21). The van der Waals surface area contributed by atoms with Gasteiger partial charge in [-0.2, -0.15) is 0 Å². The van der Waals surface area contributed by atoms with Gasteiger partial charge in [0, 0.05) is 18.3 Å². The molecule has 0 radical (unpaired) electrons. The first-order valence-electron chi connectivity index (χ1n) is 7.55. The molecule has 5 heteroatoms.